The molecule has 26 heavy (non-hydrogen) atoms. The lowest BCUT2D eigenvalue weighted by Gasteiger charge is -2.14. The van der Waals surface area contributed by atoms with Crippen molar-refractivity contribution < 1.29 is 28.5 Å². The minimum Gasteiger partial charge on any atom is -0.493 e. The summed E-state index contributed by atoms with van der Waals surface area (Å²) in [6, 6.07) is 10.2. The third kappa shape index (κ3) is 4.81. The molecule has 140 valence electrons. The highest BCUT2D eigenvalue weighted by Gasteiger charge is 2.14. The zero-order valence-electron chi connectivity index (χ0n) is 15.5. The Morgan fingerprint density at radius 2 is 1.50 bits per heavy atom. The van der Waals surface area contributed by atoms with Crippen molar-refractivity contribution in [2.75, 3.05) is 27.9 Å². The van der Waals surface area contributed by atoms with Gasteiger partial charge in [-0.1, -0.05) is 13.3 Å². The fraction of sp³-hybridized carbons (Fsp3) is 0.350. The summed E-state index contributed by atoms with van der Waals surface area (Å²) < 4.78 is 26.9. The van der Waals surface area contributed by atoms with Crippen molar-refractivity contribution in [2.45, 2.75) is 19.8 Å². The van der Waals surface area contributed by atoms with Crippen molar-refractivity contribution in [3.63, 3.8) is 0 Å². The maximum Gasteiger partial charge on any atom is 0.338 e. The van der Waals surface area contributed by atoms with Crippen LogP contribution in [0.4, 0.5) is 0 Å². The molecule has 0 aliphatic heterocycles. The largest absolute Gasteiger partial charge is 0.493 e. The zero-order valence-corrected chi connectivity index (χ0v) is 15.5. The predicted octanol–water partition coefficient (Wildman–Crippen LogP) is 4.46. The number of rotatable bonds is 9. The van der Waals surface area contributed by atoms with Crippen LogP contribution in [0, 0.1) is 0 Å². The summed E-state index contributed by atoms with van der Waals surface area (Å²) in [5, 5.41) is 0. The van der Waals surface area contributed by atoms with Gasteiger partial charge in [0.05, 0.1) is 33.5 Å². The van der Waals surface area contributed by atoms with Crippen LogP contribution in [0.3, 0.4) is 0 Å². The van der Waals surface area contributed by atoms with Gasteiger partial charge in [-0.25, -0.2) is 4.79 Å². The Bertz CT molecular complexity index is 699. The summed E-state index contributed by atoms with van der Waals surface area (Å²) in [4.78, 5) is 11.9. The maximum absolute atomic E-state index is 11.9. The molecular formula is C20H24O6. The Morgan fingerprint density at radius 1 is 0.885 bits per heavy atom. The number of carbonyl (C=O) groups is 1. The van der Waals surface area contributed by atoms with Crippen molar-refractivity contribution in [2.24, 2.45) is 0 Å². The van der Waals surface area contributed by atoms with Gasteiger partial charge in [-0.2, -0.15) is 0 Å². The van der Waals surface area contributed by atoms with Crippen molar-refractivity contribution >= 4 is 5.97 Å². The second-order valence-electron chi connectivity index (χ2n) is 5.48. The van der Waals surface area contributed by atoms with E-state index in [0.717, 1.165) is 12.8 Å². The van der Waals surface area contributed by atoms with E-state index in [1.54, 1.807) is 57.7 Å². The SMILES string of the molecule is CCCCOC(=O)c1ccc(Oc2cc(OC)c(OC)c(OC)c2)cc1. The van der Waals surface area contributed by atoms with Crippen LogP contribution in [0.25, 0.3) is 0 Å². The molecule has 0 saturated carbocycles. The van der Waals surface area contributed by atoms with Gasteiger partial charge in [-0.05, 0) is 30.7 Å². The van der Waals surface area contributed by atoms with Crippen LogP contribution in [0.2, 0.25) is 0 Å². The molecule has 2 aromatic rings. The van der Waals surface area contributed by atoms with Crippen molar-refractivity contribution in [3.8, 4) is 28.7 Å². The quantitative estimate of drug-likeness (QED) is 0.486. The summed E-state index contributed by atoms with van der Waals surface area (Å²) >= 11 is 0. The van der Waals surface area contributed by atoms with E-state index >= 15 is 0 Å². The number of hydrogen-bond donors (Lipinski definition) is 0. The smallest absolute Gasteiger partial charge is 0.338 e. The molecule has 2 aromatic carbocycles. The molecule has 0 aromatic heterocycles. The van der Waals surface area contributed by atoms with Crippen LogP contribution >= 0.6 is 0 Å². The minimum absolute atomic E-state index is 0.335. The van der Waals surface area contributed by atoms with Gasteiger partial charge >= 0.3 is 5.97 Å². The third-order valence-corrected chi connectivity index (χ3v) is 3.70. The second kappa shape index (κ2) is 9.56. The van der Waals surface area contributed by atoms with Crippen LogP contribution in [0.1, 0.15) is 30.1 Å². The first-order valence-corrected chi connectivity index (χ1v) is 8.38. The van der Waals surface area contributed by atoms with Gasteiger partial charge in [0.1, 0.15) is 11.5 Å². The first-order valence-electron chi connectivity index (χ1n) is 8.38. The number of hydrogen-bond acceptors (Lipinski definition) is 6. The molecule has 0 unspecified atom stereocenters. The van der Waals surface area contributed by atoms with Crippen molar-refractivity contribution in [1.29, 1.82) is 0 Å². The monoisotopic (exact) mass is 360 g/mol. The maximum atomic E-state index is 11.9. The lowest BCUT2D eigenvalue weighted by molar-refractivity contribution is 0.0499. The number of carbonyl (C=O) groups excluding carboxylic acids is 1. The molecule has 0 spiro atoms. The molecule has 0 fully saturated rings. The minimum atomic E-state index is -0.335. The normalized spacial score (nSPS) is 10.2. The van der Waals surface area contributed by atoms with E-state index in [1.807, 2.05) is 6.92 Å². The molecule has 0 saturated heterocycles. The summed E-state index contributed by atoms with van der Waals surface area (Å²) in [6.07, 6.45) is 1.84. The highest BCUT2D eigenvalue weighted by molar-refractivity contribution is 5.89. The Labute approximate surface area is 153 Å². The van der Waals surface area contributed by atoms with E-state index in [0.29, 0.717) is 40.9 Å². The van der Waals surface area contributed by atoms with E-state index in [2.05, 4.69) is 0 Å². The van der Waals surface area contributed by atoms with Gasteiger partial charge in [0.25, 0.3) is 0 Å². The number of ether oxygens (including phenoxy) is 5. The molecule has 6 heteroatoms. The molecule has 0 atom stereocenters. The Hall–Kier alpha value is -2.89. The molecule has 0 N–H and O–H groups in total. The number of benzene rings is 2. The van der Waals surface area contributed by atoms with Gasteiger partial charge in [0.2, 0.25) is 5.75 Å². The van der Waals surface area contributed by atoms with Crippen LogP contribution < -0.4 is 18.9 Å². The summed E-state index contributed by atoms with van der Waals surface area (Å²) in [5.41, 5.74) is 0.485. The average Bonchev–Trinajstić information content (AvgIpc) is 2.67. The molecule has 2 rings (SSSR count). The first kappa shape index (κ1) is 19.4. The molecule has 6 nitrogen and oxygen atoms in total. The number of methoxy groups -OCH3 is 3. The van der Waals surface area contributed by atoms with Crippen LogP contribution in [-0.4, -0.2) is 33.9 Å². The third-order valence-electron chi connectivity index (χ3n) is 3.70. The van der Waals surface area contributed by atoms with E-state index in [-0.39, 0.29) is 5.97 Å². The van der Waals surface area contributed by atoms with Gasteiger partial charge in [-0.15, -0.1) is 0 Å². The molecule has 0 bridgehead atoms. The molecule has 0 radical (unpaired) electrons. The van der Waals surface area contributed by atoms with Crippen LogP contribution in [0.5, 0.6) is 28.7 Å². The predicted molar refractivity (Wildman–Crippen MR) is 97.8 cm³/mol. The van der Waals surface area contributed by atoms with Gasteiger partial charge in [0.15, 0.2) is 11.5 Å². The van der Waals surface area contributed by atoms with Gasteiger partial charge in [0, 0.05) is 12.1 Å². The van der Waals surface area contributed by atoms with E-state index in [1.165, 1.54) is 0 Å². The summed E-state index contributed by atoms with van der Waals surface area (Å²) in [7, 11) is 4.62. The van der Waals surface area contributed by atoms with E-state index in [4.69, 9.17) is 23.7 Å². The first-order chi connectivity index (χ1) is 12.6. The summed E-state index contributed by atoms with van der Waals surface area (Å²) in [6.45, 7) is 2.47. The number of esters is 1. The Kier molecular flexibility index (Phi) is 7.14. The second-order valence-corrected chi connectivity index (χ2v) is 5.48. The van der Waals surface area contributed by atoms with Crippen LogP contribution in [-0.2, 0) is 4.74 Å². The Morgan fingerprint density at radius 3 is 2.00 bits per heavy atom. The molecule has 0 amide bonds. The highest BCUT2D eigenvalue weighted by atomic mass is 16.5. The van der Waals surface area contributed by atoms with Gasteiger partial charge in [-0.3, -0.25) is 0 Å². The fourth-order valence-electron chi connectivity index (χ4n) is 2.30. The molecule has 0 aliphatic carbocycles. The zero-order chi connectivity index (χ0) is 18.9. The molecule has 0 aliphatic rings. The van der Waals surface area contributed by atoms with E-state index in [9.17, 15) is 4.79 Å². The lowest BCUT2D eigenvalue weighted by atomic mass is 10.2. The number of unbranched alkanes of at least 4 members (excludes halogenated alkanes) is 1. The topological polar surface area (TPSA) is 63.2 Å². The molecular weight excluding hydrogens is 336 g/mol. The fourth-order valence-corrected chi connectivity index (χ4v) is 2.30. The Balaban J connectivity index is 2.12. The summed E-state index contributed by atoms with van der Waals surface area (Å²) in [5.74, 6) is 2.25. The average molecular weight is 360 g/mol. The van der Waals surface area contributed by atoms with Crippen LogP contribution in [0.15, 0.2) is 36.4 Å². The van der Waals surface area contributed by atoms with Gasteiger partial charge < -0.3 is 23.7 Å². The highest BCUT2D eigenvalue weighted by Crippen LogP contribution is 2.41. The standard InChI is InChI=1S/C20H24O6/c1-5-6-11-25-20(21)14-7-9-15(10-8-14)26-16-12-17(22-2)19(24-4)18(13-16)23-3/h7-10,12-13H,5-6,11H2,1-4H3. The lowest BCUT2D eigenvalue weighted by Crippen LogP contribution is -2.06. The van der Waals surface area contributed by atoms with Crippen molar-refractivity contribution in [1.82, 2.24) is 0 Å². The molecule has 0 heterocycles. The van der Waals surface area contributed by atoms with E-state index < -0.39 is 0 Å². The van der Waals surface area contributed by atoms with Crippen molar-refractivity contribution in [3.05, 3.63) is 42.0 Å².